The van der Waals surface area contributed by atoms with Crippen LogP contribution in [0.5, 0.6) is 0 Å². The van der Waals surface area contributed by atoms with E-state index in [0.717, 1.165) is 31.9 Å². The first kappa shape index (κ1) is 15.5. The first-order chi connectivity index (χ1) is 9.24. The third kappa shape index (κ3) is 4.53. The first-order valence-corrected chi connectivity index (χ1v) is 7.04. The molecule has 0 aliphatic heterocycles. The van der Waals surface area contributed by atoms with E-state index in [9.17, 15) is 0 Å². The lowest BCUT2D eigenvalue weighted by Gasteiger charge is -2.26. The Morgan fingerprint density at radius 3 is 2.89 bits per heavy atom. The van der Waals surface area contributed by atoms with Crippen LogP contribution in [-0.4, -0.2) is 24.6 Å². The fourth-order valence-corrected chi connectivity index (χ4v) is 2.08. The number of anilines is 1. The molecule has 1 rings (SSSR count). The fourth-order valence-electron chi connectivity index (χ4n) is 2.08. The van der Waals surface area contributed by atoms with E-state index in [1.165, 1.54) is 5.56 Å². The Hall–Kier alpha value is -1.60. The van der Waals surface area contributed by atoms with Gasteiger partial charge in [0.1, 0.15) is 5.82 Å². The van der Waals surface area contributed by atoms with Crippen LogP contribution in [0.15, 0.2) is 18.3 Å². The summed E-state index contributed by atoms with van der Waals surface area (Å²) in [5, 5.41) is 12.2. The third-order valence-electron chi connectivity index (χ3n) is 3.16. The number of hydrogen-bond acceptors (Lipinski definition) is 4. The van der Waals surface area contributed by atoms with Gasteiger partial charge in [-0.25, -0.2) is 4.98 Å². The number of nitriles is 1. The molecule has 19 heavy (non-hydrogen) atoms. The minimum Gasteiger partial charge on any atom is -0.356 e. The summed E-state index contributed by atoms with van der Waals surface area (Å²) in [4.78, 5) is 6.68. The molecule has 0 amide bonds. The van der Waals surface area contributed by atoms with Crippen molar-refractivity contribution in [2.24, 2.45) is 0 Å². The highest BCUT2D eigenvalue weighted by molar-refractivity contribution is 5.48. The Morgan fingerprint density at radius 2 is 2.26 bits per heavy atom. The molecule has 0 aliphatic carbocycles. The zero-order chi connectivity index (χ0) is 14.1. The van der Waals surface area contributed by atoms with Gasteiger partial charge in [-0.2, -0.15) is 5.26 Å². The Bertz CT molecular complexity index is 411. The van der Waals surface area contributed by atoms with Crippen LogP contribution in [-0.2, 0) is 0 Å². The van der Waals surface area contributed by atoms with E-state index >= 15 is 0 Å². The van der Waals surface area contributed by atoms with Crippen LogP contribution < -0.4 is 10.2 Å². The highest BCUT2D eigenvalue weighted by Crippen LogP contribution is 2.23. The number of nitrogens with one attached hydrogen (secondary N) is 1. The largest absolute Gasteiger partial charge is 0.356 e. The Morgan fingerprint density at radius 1 is 1.47 bits per heavy atom. The summed E-state index contributed by atoms with van der Waals surface area (Å²) >= 11 is 0. The quantitative estimate of drug-likeness (QED) is 0.781. The lowest BCUT2D eigenvalue weighted by molar-refractivity contribution is 0.567. The van der Waals surface area contributed by atoms with Crippen molar-refractivity contribution in [1.29, 1.82) is 5.26 Å². The minimum atomic E-state index is 0.278. The Kier molecular flexibility index (Phi) is 6.91. The molecule has 0 fully saturated rings. The average molecular weight is 260 g/mol. The van der Waals surface area contributed by atoms with E-state index in [2.05, 4.69) is 48.1 Å². The molecule has 1 N–H and O–H groups in total. The number of pyridine rings is 1. The molecule has 1 atom stereocenters. The van der Waals surface area contributed by atoms with Crippen LogP contribution in [0.1, 0.15) is 45.2 Å². The summed E-state index contributed by atoms with van der Waals surface area (Å²) < 4.78 is 0. The molecule has 0 bridgehead atoms. The monoisotopic (exact) mass is 260 g/mol. The van der Waals surface area contributed by atoms with Gasteiger partial charge < -0.3 is 10.2 Å². The van der Waals surface area contributed by atoms with E-state index in [4.69, 9.17) is 5.26 Å². The van der Waals surface area contributed by atoms with Crippen LogP contribution in [0.4, 0.5) is 5.82 Å². The van der Waals surface area contributed by atoms with Gasteiger partial charge in [0.05, 0.1) is 12.5 Å². The van der Waals surface area contributed by atoms with Crippen LogP contribution in [0.2, 0.25) is 0 Å². The maximum atomic E-state index is 8.74. The van der Waals surface area contributed by atoms with Gasteiger partial charge in [-0.05, 0) is 32.9 Å². The molecule has 1 aromatic heterocycles. The summed E-state index contributed by atoms with van der Waals surface area (Å²) in [6.07, 6.45) is 3.47. The van der Waals surface area contributed by atoms with Crippen LogP contribution in [0, 0.1) is 11.3 Å². The number of aromatic nitrogens is 1. The van der Waals surface area contributed by atoms with Gasteiger partial charge in [-0.15, -0.1) is 0 Å². The second kappa shape index (κ2) is 8.49. The van der Waals surface area contributed by atoms with Gasteiger partial charge >= 0.3 is 0 Å². The highest BCUT2D eigenvalue weighted by Gasteiger charge is 2.15. The van der Waals surface area contributed by atoms with Crippen molar-refractivity contribution >= 4 is 5.82 Å². The van der Waals surface area contributed by atoms with Gasteiger partial charge in [0.2, 0.25) is 0 Å². The molecule has 1 heterocycles. The molecule has 0 radical (unpaired) electrons. The average Bonchev–Trinajstić information content (AvgIpc) is 2.46. The second-order valence-electron chi connectivity index (χ2n) is 4.58. The topological polar surface area (TPSA) is 52.0 Å². The molecule has 0 saturated heterocycles. The zero-order valence-electron chi connectivity index (χ0n) is 12.2. The van der Waals surface area contributed by atoms with Gasteiger partial charge in [0.25, 0.3) is 0 Å². The molecule has 0 aromatic carbocycles. The van der Waals surface area contributed by atoms with E-state index < -0.39 is 0 Å². The van der Waals surface area contributed by atoms with Gasteiger partial charge in [0.15, 0.2) is 0 Å². The Labute approximate surface area is 116 Å². The maximum absolute atomic E-state index is 8.74. The molecule has 0 spiro atoms. The summed E-state index contributed by atoms with van der Waals surface area (Å²) in [6.45, 7) is 9.02. The van der Waals surface area contributed by atoms with Crippen molar-refractivity contribution in [3.8, 4) is 6.07 Å². The molecular weight excluding hydrogens is 236 g/mol. The molecule has 1 aromatic rings. The van der Waals surface area contributed by atoms with Crippen LogP contribution in [0.25, 0.3) is 0 Å². The lowest BCUT2D eigenvalue weighted by atomic mass is 10.1. The van der Waals surface area contributed by atoms with E-state index in [1.54, 1.807) is 0 Å². The van der Waals surface area contributed by atoms with E-state index in [0.29, 0.717) is 6.42 Å². The Balaban J connectivity index is 2.90. The second-order valence-corrected chi connectivity index (χ2v) is 4.58. The van der Waals surface area contributed by atoms with Gasteiger partial charge in [-0.3, -0.25) is 0 Å². The molecule has 0 aliphatic rings. The molecule has 0 saturated carbocycles. The summed E-state index contributed by atoms with van der Waals surface area (Å²) in [7, 11) is 0. The van der Waals surface area contributed by atoms with Crippen LogP contribution >= 0.6 is 0 Å². The summed E-state index contributed by atoms with van der Waals surface area (Å²) in [5.41, 5.74) is 1.20. The highest BCUT2D eigenvalue weighted by atomic mass is 15.2. The normalized spacial score (nSPS) is 11.9. The SMILES string of the molecule is CCCNC(C)c1cccnc1N(CC)CCC#N. The van der Waals surface area contributed by atoms with E-state index in [1.807, 2.05) is 12.3 Å². The van der Waals surface area contributed by atoms with Crippen molar-refractivity contribution in [2.45, 2.75) is 39.7 Å². The lowest BCUT2D eigenvalue weighted by Crippen LogP contribution is -2.28. The maximum Gasteiger partial charge on any atom is 0.133 e. The molecule has 1 unspecified atom stereocenters. The predicted molar refractivity (Wildman–Crippen MR) is 79.1 cm³/mol. The van der Waals surface area contributed by atoms with Gasteiger partial charge in [-0.1, -0.05) is 13.0 Å². The third-order valence-corrected chi connectivity index (χ3v) is 3.16. The molecule has 4 nitrogen and oxygen atoms in total. The first-order valence-electron chi connectivity index (χ1n) is 7.04. The molecule has 104 valence electrons. The van der Waals surface area contributed by atoms with Crippen LogP contribution in [0.3, 0.4) is 0 Å². The van der Waals surface area contributed by atoms with Crippen molar-refractivity contribution in [3.63, 3.8) is 0 Å². The van der Waals surface area contributed by atoms with E-state index in [-0.39, 0.29) is 6.04 Å². The smallest absolute Gasteiger partial charge is 0.133 e. The predicted octanol–water partition coefficient (Wildman–Crippen LogP) is 2.88. The minimum absolute atomic E-state index is 0.278. The van der Waals surface area contributed by atoms with Crippen molar-refractivity contribution in [1.82, 2.24) is 10.3 Å². The zero-order valence-corrected chi connectivity index (χ0v) is 12.2. The van der Waals surface area contributed by atoms with Crippen molar-refractivity contribution in [3.05, 3.63) is 23.9 Å². The summed E-state index contributed by atoms with van der Waals surface area (Å²) in [6, 6.07) is 6.57. The number of nitrogens with zero attached hydrogens (tertiary/aromatic N) is 3. The fraction of sp³-hybridized carbons (Fsp3) is 0.600. The summed E-state index contributed by atoms with van der Waals surface area (Å²) in [5.74, 6) is 0.997. The van der Waals surface area contributed by atoms with Crippen molar-refractivity contribution in [2.75, 3.05) is 24.5 Å². The van der Waals surface area contributed by atoms with Gasteiger partial charge in [0, 0.05) is 30.9 Å². The van der Waals surface area contributed by atoms with Crippen molar-refractivity contribution < 1.29 is 0 Å². The standard InChI is InChI=1S/C15H24N4/c1-4-10-17-13(3)14-8-6-11-18-15(14)19(5-2)12-7-9-16/h6,8,11,13,17H,4-5,7,10,12H2,1-3H3. The number of rotatable bonds is 8. The molecule has 4 heteroatoms. The molecular formula is C15H24N4. The number of hydrogen-bond donors (Lipinski definition) is 1.